The summed E-state index contributed by atoms with van der Waals surface area (Å²) in [5.74, 6) is -0.240. The molecule has 0 aliphatic carbocycles. The van der Waals surface area contributed by atoms with E-state index in [1.807, 2.05) is 32.0 Å². The molecule has 1 aliphatic rings. The second-order valence-corrected chi connectivity index (χ2v) is 5.02. The van der Waals surface area contributed by atoms with Crippen LogP contribution in [-0.2, 0) is 4.79 Å². The number of hydrogen-bond donors (Lipinski definition) is 3. The molecule has 2 rings (SSSR count). The van der Waals surface area contributed by atoms with Crippen molar-refractivity contribution in [3.8, 4) is 0 Å². The van der Waals surface area contributed by atoms with Gasteiger partial charge in [-0.15, -0.1) is 0 Å². The zero-order valence-corrected chi connectivity index (χ0v) is 12.1. The number of nitrogens with one attached hydrogen (secondary N) is 2. The van der Waals surface area contributed by atoms with Gasteiger partial charge in [0.25, 0.3) is 5.91 Å². The molecule has 1 aliphatic heterocycles. The molecule has 112 valence electrons. The molecule has 0 fully saturated rings. The van der Waals surface area contributed by atoms with E-state index in [0.29, 0.717) is 24.7 Å². The number of carbonyl (C=O) groups excluding carboxylic acids is 2. The first-order valence-corrected chi connectivity index (χ1v) is 6.78. The van der Waals surface area contributed by atoms with Gasteiger partial charge in [-0.3, -0.25) is 4.79 Å². The third kappa shape index (κ3) is 3.38. The number of nitrogens with two attached hydrogens (primary N) is 1. The van der Waals surface area contributed by atoms with Crippen LogP contribution in [0.5, 0.6) is 0 Å². The molecule has 0 bridgehead atoms. The highest BCUT2D eigenvalue weighted by molar-refractivity contribution is 6.54. The van der Waals surface area contributed by atoms with Gasteiger partial charge in [-0.1, -0.05) is 32.0 Å². The Morgan fingerprint density at radius 3 is 2.76 bits per heavy atom. The summed E-state index contributed by atoms with van der Waals surface area (Å²) in [4.78, 5) is 24.8. The molecule has 0 saturated carbocycles. The number of nitrogens with zero attached hydrogens (tertiary/aromatic N) is 2. The van der Waals surface area contributed by atoms with Crippen LogP contribution in [0.25, 0.3) is 0 Å². The first-order valence-electron chi connectivity index (χ1n) is 6.78. The number of hydrogen-bond acceptors (Lipinski definition) is 4. The number of para-hydroxylation sites is 1. The second-order valence-electron chi connectivity index (χ2n) is 5.02. The number of primary amides is 1. The Morgan fingerprint density at radius 1 is 1.38 bits per heavy atom. The fourth-order valence-corrected chi connectivity index (χ4v) is 2.17. The van der Waals surface area contributed by atoms with Crippen LogP contribution in [0, 0.1) is 0 Å². The molecular weight excluding hydrogens is 270 g/mol. The van der Waals surface area contributed by atoms with Crippen LogP contribution >= 0.6 is 0 Å². The van der Waals surface area contributed by atoms with Gasteiger partial charge in [-0.25, -0.2) is 10.2 Å². The summed E-state index contributed by atoms with van der Waals surface area (Å²) in [7, 11) is 0. The highest BCUT2D eigenvalue weighted by atomic mass is 16.2. The lowest BCUT2D eigenvalue weighted by atomic mass is 10.1. The van der Waals surface area contributed by atoms with Crippen molar-refractivity contribution in [2.24, 2.45) is 10.8 Å². The summed E-state index contributed by atoms with van der Waals surface area (Å²) in [6.45, 7) is 5.30. The van der Waals surface area contributed by atoms with E-state index in [1.54, 1.807) is 11.0 Å². The molecular formula is C14H19N5O2. The maximum Gasteiger partial charge on any atom is 0.332 e. The van der Waals surface area contributed by atoms with Crippen LogP contribution in [0.2, 0.25) is 0 Å². The maximum atomic E-state index is 12.4. The number of fused-ring (bicyclic) bond motifs is 1. The molecule has 0 aromatic heterocycles. The van der Waals surface area contributed by atoms with Gasteiger partial charge in [0.2, 0.25) is 0 Å². The number of amides is 3. The van der Waals surface area contributed by atoms with E-state index in [1.165, 1.54) is 0 Å². The molecule has 7 heteroatoms. The van der Waals surface area contributed by atoms with Crippen LogP contribution in [0.4, 0.5) is 10.5 Å². The lowest BCUT2D eigenvalue weighted by molar-refractivity contribution is -0.112. The minimum absolute atomic E-state index is 0.203. The van der Waals surface area contributed by atoms with Crippen molar-refractivity contribution in [2.45, 2.75) is 19.9 Å². The smallest absolute Gasteiger partial charge is 0.332 e. The number of hydrazone groups is 1. The van der Waals surface area contributed by atoms with Crippen LogP contribution < -0.4 is 21.4 Å². The minimum Gasteiger partial charge on any atom is -0.350 e. The van der Waals surface area contributed by atoms with E-state index in [2.05, 4.69) is 15.8 Å². The third-order valence-electron chi connectivity index (χ3n) is 3.06. The van der Waals surface area contributed by atoms with Gasteiger partial charge in [0.05, 0.1) is 5.69 Å². The lowest BCUT2D eigenvalue weighted by Crippen LogP contribution is -2.38. The van der Waals surface area contributed by atoms with Crippen LogP contribution in [0.1, 0.15) is 19.4 Å². The van der Waals surface area contributed by atoms with Crippen molar-refractivity contribution in [3.63, 3.8) is 0 Å². The maximum absolute atomic E-state index is 12.4. The normalized spacial score (nSPS) is 15.7. The highest BCUT2D eigenvalue weighted by Crippen LogP contribution is 2.28. The third-order valence-corrected chi connectivity index (χ3v) is 3.06. The fourth-order valence-electron chi connectivity index (χ4n) is 2.17. The second kappa shape index (κ2) is 6.36. The molecule has 1 aromatic rings. The predicted octanol–water partition coefficient (Wildman–Crippen LogP) is 0.404. The SMILES string of the molecule is CC(C)NCCN1C(=O)C(=NNC(N)=O)c2ccccc21. The molecule has 21 heavy (non-hydrogen) atoms. The minimum atomic E-state index is -0.798. The molecule has 0 saturated heterocycles. The van der Waals surface area contributed by atoms with E-state index in [0.717, 1.165) is 5.69 Å². The molecule has 3 amide bonds. The summed E-state index contributed by atoms with van der Waals surface area (Å²) >= 11 is 0. The molecule has 0 atom stereocenters. The number of urea groups is 1. The number of rotatable bonds is 5. The summed E-state index contributed by atoms with van der Waals surface area (Å²) in [6.07, 6.45) is 0. The van der Waals surface area contributed by atoms with E-state index < -0.39 is 6.03 Å². The molecule has 0 spiro atoms. The Labute approximate surface area is 123 Å². The van der Waals surface area contributed by atoms with Crippen molar-refractivity contribution in [1.82, 2.24) is 10.7 Å². The Bertz CT molecular complexity index is 582. The van der Waals surface area contributed by atoms with E-state index >= 15 is 0 Å². The Morgan fingerprint density at radius 2 is 2.10 bits per heavy atom. The van der Waals surface area contributed by atoms with Gasteiger partial charge < -0.3 is 16.0 Å². The molecule has 7 nitrogen and oxygen atoms in total. The average molecular weight is 289 g/mol. The Balaban J connectivity index is 2.22. The van der Waals surface area contributed by atoms with Gasteiger partial charge in [-0.05, 0) is 6.07 Å². The van der Waals surface area contributed by atoms with Crippen molar-refractivity contribution >= 4 is 23.3 Å². The zero-order valence-electron chi connectivity index (χ0n) is 12.1. The number of carbonyl (C=O) groups is 2. The number of benzene rings is 1. The first kappa shape index (κ1) is 15.0. The Kier molecular flexibility index (Phi) is 4.54. The lowest BCUT2D eigenvalue weighted by Gasteiger charge is -2.18. The topological polar surface area (TPSA) is 99.8 Å². The largest absolute Gasteiger partial charge is 0.350 e. The molecule has 4 N–H and O–H groups in total. The zero-order chi connectivity index (χ0) is 15.4. The van der Waals surface area contributed by atoms with Gasteiger partial charge in [0.1, 0.15) is 0 Å². The summed E-state index contributed by atoms with van der Waals surface area (Å²) < 4.78 is 0. The van der Waals surface area contributed by atoms with Gasteiger partial charge in [0.15, 0.2) is 5.71 Å². The van der Waals surface area contributed by atoms with Gasteiger partial charge in [0, 0.05) is 24.7 Å². The highest BCUT2D eigenvalue weighted by Gasteiger charge is 2.33. The van der Waals surface area contributed by atoms with Crippen LogP contribution in [0.15, 0.2) is 29.4 Å². The van der Waals surface area contributed by atoms with E-state index in [9.17, 15) is 9.59 Å². The molecule has 0 unspecified atom stereocenters. The molecule has 0 radical (unpaired) electrons. The van der Waals surface area contributed by atoms with Crippen molar-refractivity contribution in [3.05, 3.63) is 29.8 Å². The van der Waals surface area contributed by atoms with Gasteiger partial charge >= 0.3 is 6.03 Å². The van der Waals surface area contributed by atoms with Crippen LogP contribution in [-0.4, -0.2) is 36.8 Å². The quantitative estimate of drug-likeness (QED) is 0.684. The monoisotopic (exact) mass is 289 g/mol. The first-order chi connectivity index (χ1) is 10.0. The fraction of sp³-hybridized carbons (Fsp3) is 0.357. The predicted molar refractivity (Wildman–Crippen MR) is 81.2 cm³/mol. The summed E-state index contributed by atoms with van der Waals surface area (Å²) in [6, 6.07) is 6.89. The van der Waals surface area contributed by atoms with Crippen molar-refractivity contribution in [2.75, 3.05) is 18.0 Å². The summed E-state index contributed by atoms with van der Waals surface area (Å²) in [5.41, 5.74) is 8.80. The van der Waals surface area contributed by atoms with Gasteiger partial charge in [-0.2, -0.15) is 5.10 Å². The van der Waals surface area contributed by atoms with E-state index in [-0.39, 0.29) is 11.6 Å². The summed E-state index contributed by atoms with van der Waals surface area (Å²) in [5, 5.41) is 7.08. The van der Waals surface area contributed by atoms with E-state index in [4.69, 9.17) is 5.73 Å². The average Bonchev–Trinajstić information content (AvgIpc) is 2.69. The molecule has 1 aromatic carbocycles. The molecule has 1 heterocycles. The van der Waals surface area contributed by atoms with Crippen LogP contribution in [0.3, 0.4) is 0 Å². The Hall–Kier alpha value is -2.41. The standard InChI is InChI=1S/C14H19N5O2/c1-9(2)16-7-8-19-11-6-4-3-5-10(11)12(13(19)20)17-18-14(15)21/h3-6,9,16H,7-8H2,1-2H3,(H3,15,18,21). The van der Waals surface area contributed by atoms with Crippen molar-refractivity contribution < 1.29 is 9.59 Å². The number of anilines is 1. The van der Waals surface area contributed by atoms with Crippen molar-refractivity contribution in [1.29, 1.82) is 0 Å².